The van der Waals surface area contributed by atoms with Crippen molar-refractivity contribution in [1.29, 1.82) is 0 Å². The number of fused-ring (bicyclic) bond motifs is 1. The summed E-state index contributed by atoms with van der Waals surface area (Å²) >= 11 is 0. The molecule has 3 aromatic rings. The number of ketones is 1. The van der Waals surface area contributed by atoms with E-state index in [1.807, 2.05) is 6.07 Å². The molecule has 116 valence electrons. The van der Waals surface area contributed by atoms with Crippen molar-refractivity contribution in [1.82, 2.24) is 4.40 Å². The maximum absolute atomic E-state index is 14.2. The minimum absolute atomic E-state index is 0.147. The highest BCUT2D eigenvalue weighted by Crippen LogP contribution is 2.22. The molecule has 3 rings (SSSR count). The maximum atomic E-state index is 14.2. The van der Waals surface area contributed by atoms with Gasteiger partial charge in [0.15, 0.2) is 17.3 Å². The first kappa shape index (κ1) is 15.0. The predicted molar refractivity (Wildman–Crippen MR) is 83.2 cm³/mol. The van der Waals surface area contributed by atoms with Crippen LogP contribution in [0.15, 0.2) is 54.7 Å². The summed E-state index contributed by atoms with van der Waals surface area (Å²) in [5, 5.41) is 0. The molecule has 0 aliphatic rings. The zero-order valence-corrected chi connectivity index (χ0v) is 12.5. The summed E-state index contributed by atoms with van der Waals surface area (Å²) in [6.45, 7) is 1.80. The van der Waals surface area contributed by atoms with Crippen molar-refractivity contribution in [2.24, 2.45) is 0 Å². The number of benzene rings is 1. The van der Waals surface area contributed by atoms with Gasteiger partial charge in [0.05, 0.1) is 12.1 Å². The average molecular weight is 311 g/mol. The lowest BCUT2D eigenvalue weighted by Gasteiger charge is -2.06. The van der Waals surface area contributed by atoms with Crippen molar-refractivity contribution in [2.75, 3.05) is 6.61 Å². The molecule has 2 aromatic heterocycles. The third-order valence-corrected chi connectivity index (χ3v) is 3.51. The SMILES string of the molecule is CCOC(=O)c1c(F)cc2c(C(=O)c3ccccc3)cccn12. The summed E-state index contributed by atoms with van der Waals surface area (Å²) in [7, 11) is 0. The van der Waals surface area contributed by atoms with Crippen molar-refractivity contribution >= 4 is 17.3 Å². The van der Waals surface area contributed by atoms with Crippen molar-refractivity contribution in [3.8, 4) is 0 Å². The van der Waals surface area contributed by atoms with Gasteiger partial charge in [0.2, 0.25) is 0 Å². The molecule has 0 amide bonds. The Kier molecular flexibility index (Phi) is 3.93. The van der Waals surface area contributed by atoms with Gasteiger partial charge in [-0.05, 0) is 19.1 Å². The van der Waals surface area contributed by atoms with Crippen molar-refractivity contribution in [3.63, 3.8) is 0 Å². The third-order valence-electron chi connectivity index (χ3n) is 3.51. The number of hydrogen-bond acceptors (Lipinski definition) is 3. The molecule has 0 radical (unpaired) electrons. The predicted octanol–water partition coefficient (Wildman–Crippen LogP) is 3.49. The lowest BCUT2D eigenvalue weighted by Crippen LogP contribution is -2.10. The Morgan fingerprint density at radius 1 is 1.13 bits per heavy atom. The lowest BCUT2D eigenvalue weighted by atomic mass is 10.0. The van der Waals surface area contributed by atoms with Gasteiger partial charge in [-0.25, -0.2) is 9.18 Å². The fraction of sp³-hybridized carbons (Fsp3) is 0.111. The molecule has 4 nitrogen and oxygen atoms in total. The number of esters is 1. The van der Waals surface area contributed by atoms with Crippen LogP contribution in [0.2, 0.25) is 0 Å². The Morgan fingerprint density at radius 2 is 1.87 bits per heavy atom. The molecule has 0 saturated carbocycles. The number of aromatic nitrogens is 1. The first-order valence-corrected chi connectivity index (χ1v) is 7.20. The van der Waals surface area contributed by atoms with E-state index in [0.717, 1.165) is 0 Å². The average Bonchev–Trinajstić information content (AvgIpc) is 2.91. The minimum Gasteiger partial charge on any atom is -0.461 e. The molecule has 0 saturated heterocycles. The first-order chi connectivity index (χ1) is 11.1. The van der Waals surface area contributed by atoms with E-state index < -0.39 is 11.8 Å². The molecule has 1 aromatic carbocycles. The molecule has 23 heavy (non-hydrogen) atoms. The van der Waals surface area contributed by atoms with Gasteiger partial charge < -0.3 is 9.14 Å². The number of rotatable bonds is 4. The Balaban J connectivity index is 2.15. The van der Waals surface area contributed by atoms with Gasteiger partial charge in [0.1, 0.15) is 0 Å². The van der Waals surface area contributed by atoms with E-state index in [2.05, 4.69) is 0 Å². The van der Waals surface area contributed by atoms with E-state index in [1.165, 1.54) is 16.7 Å². The summed E-state index contributed by atoms with van der Waals surface area (Å²) in [6.07, 6.45) is 1.53. The van der Waals surface area contributed by atoms with E-state index in [-0.39, 0.29) is 18.1 Å². The summed E-state index contributed by atoms with van der Waals surface area (Å²) in [5.74, 6) is -1.70. The summed E-state index contributed by atoms with van der Waals surface area (Å²) in [6, 6.07) is 13.1. The third kappa shape index (κ3) is 2.61. The first-order valence-electron chi connectivity index (χ1n) is 7.20. The van der Waals surface area contributed by atoms with Crippen molar-refractivity contribution in [2.45, 2.75) is 6.92 Å². The summed E-state index contributed by atoms with van der Waals surface area (Å²) in [5.41, 5.74) is 0.958. The number of carbonyl (C=O) groups excluding carboxylic acids is 2. The summed E-state index contributed by atoms with van der Waals surface area (Å²) in [4.78, 5) is 24.5. The van der Waals surface area contributed by atoms with Crippen molar-refractivity contribution in [3.05, 3.63) is 77.4 Å². The van der Waals surface area contributed by atoms with E-state index in [0.29, 0.717) is 16.6 Å². The molecular formula is C18H14FNO3. The smallest absolute Gasteiger partial charge is 0.358 e. The number of carbonyl (C=O) groups is 2. The minimum atomic E-state index is -0.755. The molecular weight excluding hydrogens is 297 g/mol. The fourth-order valence-electron chi connectivity index (χ4n) is 2.50. The number of nitrogens with zero attached hydrogens (tertiary/aromatic N) is 1. The van der Waals surface area contributed by atoms with Gasteiger partial charge in [-0.3, -0.25) is 4.79 Å². The molecule has 0 aliphatic heterocycles. The highest BCUT2D eigenvalue weighted by molar-refractivity contribution is 6.13. The largest absolute Gasteiger partial charge is 0.461 e. The van der Waals surface area contributed by atoms with Crippen LogP contribution in [0.3, 0.4) is 0 Å². The molecule has 5 heteroatoms. The molecule has 0 spiro atoms. The van der Waals surface area contributed by atoms with Crippen LogP contribution >= 0.6 is 0 Å². The summed E-state index contributed by atoms with van der Waals surface area (Å²) < 4.78 is 20.4. The van der Waals surface area contributed by atoms with Gasteiger partial charge in [0.25, 0.3) is 0 Å². The Hall–Kier alpha value is -2.95. The maximum Gasteiger partial charge on any atom is 0.358 e. The number of halogens is 1. The van der Waals surface area contributed by atoms with E-state index in [9.17, 15) is 14.0 Å². The second-order valence-electron chi connectivity index (χ2n) is 4.93. The highest BCUT2D eigenvalue weighted by atomic mass is 19.1. The lowest BCUT2D eigenvalue weighted by molar-refractivity contribution is 0.0512. The molecule has 0 fully saturated rings. The van der Waals surface area contributed by atoms with Crippen LogP contribution < -0.4 is 0 Å². The quantitative estimate of drug-likeness (QED) is 0.547. The van der Waals surface area contributed by atoms with Gasteiger partial charge in [-0.2, -0.15) is 0 Å². The van der Waals surface area contributed by atoms with Crippen LogP contribution in [0, 0.1) is 5.82 Å². The molecule has 0 atom stereocenters. The zero-order valence-electron chi connectivity index (χ0n) is 12.5. The number of pyridine rings is 1. The zero-order chi connectivity index (χ0) is 16.4. The second kappa shape index (κ2) is 6.04. The van der Waals surface area contributed by atoms with Crippen LogP contribution in [0.5, 0.6) is 0 Å². The molecule has 0 aliphatic carbocycles. The van der Waals surface area contributed by atoms with Gasteiger partial charge >= 0.3 is 5.97 Å². The normalized spacial score (nSPS) is 10.7. The Bertz CT molecular complexity index is 884. The Morgan fingerprint density at radius 3 is 2.57 bits per heavy atom. The van der Waals surface area contributed by atoms with Gasteiger partial charge in [-0.1, -0.05) is 30.3 Å². The molecule has 0 unspecified atom stereocenters. The fourth-order valence-corrected chi connectivity index (χ4v) is 2.50. The van der Waals surface area contributed by atoms with E-state index >= 15 is 0 Å². The van der Waals surface area contributed by atoms with Crippen LogP contribution in [0.4, 0.5) is 4.39 Å². The van der Waals surface area contributed by atoms with Gasteiger partial charge in [0, 0.05) is 23.4 Å². The number of hydrogen-bond donors (Lipinski definition) is 0. The molecule has 2 heterocycles. The second-order valence-corrected chi connectivity index (χ2v) is 4.93. The van der Waals surface area contributed by atoms with Gasteiger partial charge in [-0.15, -0.1) is 0 Å². The Labute approximate surface area is 132 Å². The van der Waals surface area contributed by atoms with Crippen LogP contribution in [0.25, 0.3) is 5.52 Å². The van der Waals surface area contributed by atoms with Crippen LogP contribution in [-0.4, -0.2) is 22.8 Å². The topological polar surface area (TPSA) is 47.8 Å². The van der Waals surface area contributed by atoms with E-state index in [1.54, 1.807) is 43.3 Å². The standard InChI is InChI=1S/C18H14FNO3/c1-2-23-18(22)16-14(19)11-15-13(9-6-10-20(15)16)17(21)12-7-4-3-5-8-12/h3-11H,2H2,1H3. The van der Waals surface area contributed by atoms with Crippen LogP contribution in [0.1, 0.15) is 33.3 Å². The highest BCUT2D eigenvalue weighted by Gasteiger charge is 2.22. The number of ether oxygens (including phenoxy) is 1. The van der Waals surface area contributed by atoms with Crippen LogP contribution in [-0.2, 0) is 4.74 Å². The molecule has 0 bridgehead atoms. The van der Waals surface area contributed by atoms with E-state index in [4.69, 9.17) is 4.74 Å². The molecule has 0 N–H and O–H groups in total. The van der Waals surface area contributed by atoms with Crippen molar-refractivity contribution < 1.29 is 18.7 Å². The monoisotopic (exact) mass is 311 g/mol.